The zero-order valence-electron chi connectivity index (χ0n) is 17.1. The number of Topliss-reactive ketones (excluding diaryl/α,β-unsaturated/α-hetero) is 1. The number of aromatic nitrogens is 1. The highest BCUT2D eigenvalue weighted by molar-refractivity contribution is 7.89. The van der Waals surface area contributed by atoms with Crippen LogP contribution in [0.2, 0.25) is 0 Å². The summed E-state index contributed by atoms with van der Waals surface area (Å²) in [5.41, 5.74) is 1.94. The summed E-state index contributed by atoms with van der Waals surface area (Å²) < 4.78 is 29.2. The van der Waals surface area contributed by atoms with Crippen LogP contribution in [-0.4, -0.2) is 60.1 Å². The Bertz CT molecular complexity index is 1190. The van der Waals surface area contributed by atoms with Crippen LogP contribution in [0.3, 0.4) is 0 Å². The number of amides is 1. The van der Waals surface area contributed by atoms with Crippen molar-refractivity contribution in [2.75, 3.05) is 26.2 Å². The van der Waals surface area contributed by atoms with Gasteiger partial charge in [0.25, 0.3) is 5.91 Å². The van der Waals surface area contributed by atoms with Gasteiger partial charge >= 0.3 is 0 Å². The van der Waals surface area contributed by atoms with E-state index in [9.17, 15) is 18.0 Å². The molecule has 0 unspecified atom stereocenters. The van der Waals surface area contributed by atoms with Crippen molar-refractivity contribution in [1.29, 1.82) is 0 Å². The van der Waals surface area contributed by atoms with Crippen LogP contribution in [0.15, 0.2) is 78.0 Å². The summed E-state index contributed by atoms with van der Waals surface area (Å²) in [6, 6.07) is 17.2. The first kappa shape index (κ1) is 21.0. The van der Waals surface area contributed by atoms with Gasteiger partial charge < -0.3 is 9.47 Å². The molecule has 2 aromatic carbocycles. The first-order valence-corrected chi connectivity index (χ1v) is 11.4. The van der Waals surface area contributed by atoms with Crippen molar-refractivity contribution in [3.05, 3.63) is 84.2 Å². The van der Waals surface area contributed by atoms with Gasteiger partial charge in [0.2, 0.25) is 10.0 Å². The van der Waals surface area contributed by atoms with Gasteiger partial charge in [-0.05, 0) is 49.4 Å². The van der Waals surface area contributed by atoms with Crippen molar-refractivity contribution in [1.82, 2.24) is 13.8 Å². The predicted octanol–water partition coefficient (Wildman–Crippen LogP) is 2.83. The number of sulfonamides is 1. The van der Waals surface area contributed by atoms with E-state index in [1.165, 1.54) is 35.5 Å². The first-order chi connectivity index (χ1) is 14.9. The maximum atomic E-state index is 13.0. The average molecular weight is 438 g/mol. The zero-order valence-corrected chi connectivity index (χ0v) is 18.0. The van der Waals surface area contributed by atoms with Crippen LogP contribution in [0, 0.1) is 0 Å². The molecule has 0 bridgehead atoms. The number of rotatable bonds is 5. The predicted molar refractivity (Wildman–Crippen MR) is 117 cm³/mol. The Balaban J connectivity index is 1.44. The minimum Gasteiger partial charge on any atom is -0.336 e. The van der Waals surface area contributed by atoms with Gasteiger partial charge in [0.05, 0.1) is 4.90 Å². The topological polar surface area (TPSA) is 79.7 Å². The molecule has 3 aromatic rings. The molecule has 0 saturated carbocycles. The second-order valence-electron chi connectivity index (χ2n) is 7.42. The van der Waals surface area contributed by atoms with Crippen molar-refractivity contribution < 1.29 is 18.0 Å². The van der Waals surface area contributed by atoms with Crippen LogP contribution in [0.25, 0.3) is 5.69 Å². The highest BCUT2D eigenvalue weighted by Crippen LogP contribution is 2.20. The van der Waals surface area contributed by atoms with Gasteiger partial charge in [-0.3, -0.25) is 9.59 Å². The molecule has 1 aliphatic heterocycles. The molecule has 4 rings (SSSR count). The van der Waals surface area contributed by atoms with E-state index >= 15 is 0 Å². The summed E-state index contributed by atoms with van der Waals surface area (Å²) in [7, 11) is -3.67. The Hall–Kier alpha value is -3.23. The lowest BCUT2D eigenvalue weighted by Crippen LogP contribution is -2.50. The summed E-state index contributed by atoms with van der Waals surface area (Å²) in [4.78, 5) is 26.2. The van der Waals surface area contributed by atoms with Crippen LogP contribution in [0.4, 0.5) is 0 Å². The third-order valence-electron chi connectivity index (χ3n) is 5.42. The maximum Gasteiger partial charge on any atom is 0.254 e. The third kappa shape index (κ3) is 4.30. The monoisotopic (exact) mass is 437 g/mol. The van der Waals surface area contributed by atoms with Crippen molar-refractivity contribution in [3.8, 4) is 5.69 Å². The van der Waals surface area contributed by atoms with E-state index in [0.29, 0.717) is 24.2 Å². The summed E-state index contributed by atoms with van der Waals surface area (Å²) in [5.74, 6) is -0.228. The normalized spacial score (nSPS) is 15.1. The van der Waals surface area contributed by atoms with Crippen LogP contribution < -0.4 is 0 Å². The Morgan fingerprint density at radius 1 is 0.806 bits per heavy atom. The van der Waals surface area contributed by atoms with E-state index in [-0.39, 0.29) is 29.7 Å². The second-order valence-corrected chi connectivity index (χ2v) is 9.36. The van der Waals surface area contributed by atoms with E-state index in [2.05, 4.69) is 0 Å². The fourth-order valence-corrected chi connectivity index (χ4v) is 5.05. The van der Waals surface area contributed by atoms with Crippen molar-refractivity contribution in [3.63, 3.8) is 0 Å². The number of ketones is 1. The van der Waals surface area contributed by atoms with Gasteiger partial charge in [-0.1, -0.05) is 18.2 Å². The lowest BCUT2D eigenvalue weighted by Gasteiger charge is -2.34. The number of hydrogen-bond acceptors (Lipinski definition) is 4. The SMILES string of the molecule is CC(=O)c1ccc(S(=O)(=O)N2CCN(C(=O)c3cccc(-n4cccc4)c3)CC2)cc1. The standard InChI is InChI=1S/C23H23N3O4S/c1-18(27)19-7-9-22(10-8-19)31(29,30)26-15-13-25(14-16-26)23(28)20-5-4-6-21(17-20)24-11-2-3-12-24/h2-12,17H,13-16H2,1H3. The first-order valence-electron chi connectivity index (χ1n) is 10.00. The lowest BCUT2D eigenvalue weighted by atomic mass is 10.1. The fraction of sp³-hybridized carbons (Fsp3) is 0.217. The molecule has 0 atom stereocenters. The van der Waals surface area contributed by atoms with Gasteiger partial charge in [-0.2, -0.15) is 4.31 Å². The minimum absolute atomic E-state index is 0.114. The molecule has 0 N–H and O–H groups in total. The largest absolute Gasteiger partial charge is 0.336 e. The van der Waals surface area contributed by atoms with Crippen LogP contribution in [0.1, 0.15) is 27.6 Å². The molecule has 0 aliphatic carbocycles. The molecule has 1 saturated heterocycles. The Morgan fingerprint density at radius 3 is 2.06 bits per heavy atom. The average Bonchev–Trinajstić information content (AvgIpc) is 3.34. The number of benzene rings is 2. The number of nitrogens with zero attached hydrogens (tertiary/aromatic N) is 3. The lowest BCUT2D eigenvalue weighted by molar-refractivity contribution is 0.0697. The summed E-state index contributed by atoms with van der Waals surface area (Å²) in [6.45, 7) is 2.52. The summed E-state index contributed by atoms with van der Waals surface area (Å²) in [6.07, 6.45) is 3.83. The molecule has 0 radical (unpaired) electrons. The van der Waals surface area contributed by atoms with Gasteiger partial charge in [-0.15, -0.1) is 0 Å². The molecule has 160 valence electrons. The van der Waals surface area contributed by atoms with Crippen LogP contribution in [-0.2, 0) is 10.0 Å². The molecule has 1 fully saturated rings. The fourth-order valence-electron chi connectivity index (χ4n) is 3.63. The minimum atomic E-state index is -3.67. The smallest absolute Gasteiger partial charge is 0.254 e. The molecular formula is C23H23N3O4S. The summed E-state index contributed by atoms with van der Waals surface area (Å²) >= 11 is 0. The number of piperazine rings is 1. The van der Waals surface area contributed by atoms with Crippen molar-refractivity contribution >= 4 is 21.7 Å². The third-order valence-corrected chi connectivity index (χ3v) is 7.33. The molecule has 0 spiro atoms. The van der Waals surface area contributed by atoms with Gasteiger partial charge in [0, 0.05) is 55.4 Å². The molecule has 8 heteroatoms. The molecule has 2 heterocycles. The Labute approximate surface area is 181 Å². The van der Waals surface area contributed by atoms with E-state index in [0.717, 1.165) is 5.69 Å². The Morgan fingerprint density at radius 2 is 1.45 bits per heavy atom. The quantitative estimate of drug-likeness (QED) is 0.575. The molecule has 31 heavy (non-hydrogen) atoms. The van der Waals surface area contributed by atoms with Crippen molar-refractivity contribution in [2.45, 2.75) is 11.8 Å². The van der Waals surface area contributed by atoms with Crippen molar-refractivity contribution in [2.24, 2.45) is 0 Å². The van der Waals surface area contributed by atoms with E-state index in [1.54, 1.807) is 11.0 Å². The van der Waals surface area contributed by atoms with E-state index in [4.69, 9.17) is 0 Å². The molecular weight excluding hydrogens is 414 g/mol. The number of carbonyl (C=O) groups is 2. The summed E-state index contributed by atoms with van der Waals surface area (Å²) in [5, 5.41) is 0. The van der Waals surface area contributed by atoms with Crippen LogP contribution in [0.5, 0.6) is 0 Å². The Kier molecular flexibility index (Phi) is 5.75. The maximum absolute atomic E-state index is 13.0. The highest BCUT2D eigenvalue weighted by Gasteiger charge is 2.30. The number of carbonyl (C=O) groups excluding carboxylic acids is 2. The zero-order chi connectivity index (χ0) is 22.0. The number of hydrogen-bond donors (Lipinski definition) is 0. The molecule has 1 amide bonds. The molecule has 1 aliphatic rings. The second kappa shape index (κ2) is 8.49. The highest BCUT2D eigenvalue weighted by atomic mass is 32.2. The van der Waals surface area contributed by atoms with Gasteiger partial charge in [0.1, 0.15) is 0 Å². The van der Waals surface area contributed by atoms with Gasteiger partial charge in [0.15, 0.2) is 5.78 Å². The molecule has 7 nitrogen and oxygen atoms in total. The molecule has 1 aromatic heterocycles. The van der Waals surface area contributed by atoms with E-state index in [1.807, 2.05) is 47.3 Å². The van der Waals surface area contributed by atoms with Crippen LogP contribution >= 0.6 is 0 Å². The van der Waals surface area contributed by atoms with Gasteiger partial charge in [-0.25, -0.2) is 8.42 Å². The van der Waals surface area contributed by atoms with E-state index < -0.39 is 10.0 Å².